The first kappa shape index (κ1) is 19.3. The van der Waals surface area contributed by atoms with Crippen molar-refractivity contribution in [2.24, 2.45) is 0 Å². The van der Waals surface area contributed by atoms with Gasteiger partial charge in [-0.1, -0.05) is 28.8 Å². The van der Waals surface area contributed by atoms with Gasteiger partial charge < -0.3 is 13.9 Å². The molecule has 0 saturated carbocycles. The molecule has 0 aliphatic carbocycles. The maximum atomic E-state index is 11.9. The Hall–Kier alpha value is -1.49. The van der Waals surface area contributed by atoms with Gasteiger partial charge in [-0.3, -0.25) is 0 Å². The molecule has 5 heteroatoms. The summed E-state index contributed by atoms with van der Waals surface area (Å²) < 4.78 is 17.9. The molecule has 3 rings (SSSR count). The van der Waals surface area contributed by atoms with Crippen molar-refractivity contribution in [3.8, 4) is 11.5 Å². The number of rotatable bonds is 7. The van der Waals surface area contributed by atoms with Crippen LogP contribution in [-0.4, -0.2) is 17.5 Å². The molecule has 1 aromatic heterocycles. The average molecular weight is 423 g/mol. The highest BCUT2D eigenvalue weighted by molar-refractivity contribution is 9.09. The second-order valence-electron chi connectivity index (χ2n) is 7.63. The van der Waals surface area contributed by atoms with Crippen LogP contribution in [0, 0.1) is 6.92 Å². The SMILES string of the molecule is Cc1cc(=O)oc2c(OCCCCCCBr)c3c(cc12)CCC(C)(C)O3. The summed E-state index contributed by atoms with van der Waals surface area (Å²) in [6.45, 7) is 6.69. The van der Waals surface area contributed by atoms with Gasteiger partial charge in [0.2, 0.25) is 5.75 Å². The first-order chi connectivity index (χ1) is 12.4. The van der Waals surface area contributed by atoms with Gasteiger partial charge in [0.1, 0.15) is 5.60 Å². The zero-order valence-corrected chi connectivity index (χ0v) is 17.4. The largest absolute Gasteiger partial charge is 0.486 e. The lowest BCUT2D eigenvalue weighted by Gasteiger charge is -2.33. The Balaban J connectivity index is 1.96. The number of unbranched alkanes of at least 4 members (excludes halogenated alkanes) is 3. The van der Waals surface area contributed by atoms with Crippen molar-refractivity contribution in [1.29, 1.82) is 0 Å². The molecule has 1 aliphatic heterocycles. The van der Waals surface area contributed by atoms with Crippen molar-refractivity contribution in [3.05, 3.63) is 33.7 Å². The van der Waals surface area contributed by atoms with Crippen molar-refractivity contribution in [2.45, 2.75) is 64.9 Å². The van der Waals surface area contributed by atoms with Crippen LogP contribution in [0.5, 0.6) is 11.5 Å². The molecule has 2 aromatic rings. The van der Waals surface area contributed by atoms with Crippen LogP contribution < -0.4 is 15.1 Å². The molecule has 0 amide bonds. The lowest BCUT2D eigenvalue weighted by Crippen LogP contribution is -2.33. The quantitative estimate of drug-likeness (QED) is 0.333. The predicted octanol–water partition coefficient (Wildman–Crippen LogP) is 5.54. The van der Waals surface area contributed by atoms with E-state index in [9.17, 15) is 4.79 Å². The van der Waals surface area contributed by atoms with Crippen molar-refractivity contribution in [2.75, 3.05) is 11.9 Å². The molecule has 1 aliphatic rings. The van der Waals surface area contributed by atoms with Crippen LogP contribution in [0.25, 0.3) is 11.0 Å². The van der Waals surface area contributed by atoms with Crippen molar-refractivity contribution in [1.82, 2.24) is 0 Å². The van der Waals surface area contributed by atoms with E-state index in [1.165, 1.54) is 18.9 Å². The number of ether oxygens (including phenoxy) is 2. The molecule has 0 fully saturated rings. The minimum Gasteiger partial charge on any atom is -0.486 e. The van der Waals surface area contributed by atoms with Crippen LogP contribution >= 0.6 is 15.9 Å². The smallest absolute Gasteiger partial charge is 0.336 e. The Kier molecular flexibility index (Phi) is 5.96. The van der Waals surface area contributed by atoms with E-state index in [0.29, 0.717) is 17.9 Å². The van der Waals surface area contributed by atoms with Gasteiger partial charge in [-0.15, -0.1) is 0 Å². The zero-order valence-electron chi connectivity index (χ0n) is 15.8. The van der Waals surface area contributed by atoms with Crippen LogP contribution in [-0.2, 0) is 6.42 Å². The molecule has 2 heterocycles. The van der Waals surface area contributed by atoms with E-state index < -0.39 is 0 Å². The molecule has 0 N–H and O–H groups in total. The molecule has 1 aromatic carbocycles. The Morgan fingerprint density at radius 2 is 1.96 bits per heavy atom. The minimum absolute atomic E-state index is 0.251. The third-order valence-electron chi connectivity index (χ3n) is 4.88. The number of fused-ring (bicyclic) bond motifs is 2. The topological polar surface area (TPSA) is 48.7 Å². The van der Waals surface area contributed by atoms with Crippen molar-refractivity contribution >= 4 is 26.9 Å². The van der Waals surface area contributed by atoms with Crippen molar-refractivity contribution < 1.29 is 13.9 Å². The van der Waals surface area contributed by atoms with Gasteiger partial charge in [0, 0.05) is 16.8 Å². The normalized spacial score (nSPS) is 15.5. The number of alkyl halides is 1. The number of hydrogen-bond donors (Lipinski definition) is 0. The minimum atomic E-state index is -0.354. The lowest BCUT2D eigenvalue weighted by atomic mass is 9.92. The van der Waals surface area contributed by atoms with E-state index in [1.54, 1.807) is 0 Å². The summed E-state index contributed by atoms with van der Waals surface area (Å²) in [6.07, 6.45) is 6.33. The van der Waals surface area contributed by atoms with E-state index in [4.69, 9.17) is 13.9 Å². The van der Waals surface area contributed by atoms with Crippen LogP contribution in [0.3, 0.4) is 0 Å². The average Bonchev–Trinajstić information content (AvgIpc) is 2.57. The van der Waals surface area contributed by atoms with Gasteiger partial charge in [0.05, 0.1) is 6.61 Å². The highest BCUT2D eigenvalue weighted by atomic mass is 79.9. The number of hydrogen-bond acceptors (Lipinski definition) is 4. The first-order valence-corrected chi connectivity index (χ1v) is 10.5. The summed E-state index contributed by atoms with van der Waals surface area (Å²) >= 11 is 3.46. The van der Waals surface area contributed by atoms with Gasteiger partial charge in [0.25, 0.3) is 0 Å². The van der Waals surface area contributed by atoms with Crippen LogP contribution in [0.2, 0.25) is 0 Å². The number of aryl methyl sites for hydroxylation is 2. The predicted molar refractivity (Wildman–Crippen MR) is 108 cm³/mol. The Labute approximate surface area is 163 Å². The van der Waals surface area contributed by atoms with Gasteiger partial charge in [-0.25, -0.2) is 4.79 Å². The highest BCUT2D eigenvalue weighted by Crippen LogP contribution is 2.45. The molecule has 0 saturated heterocycles. The standard InChI is InChI=1S/C21H27BrO4/c1-14-12-17(23)25-19-16(14)13-15-8-9-21(2,3)26-18(15)20(19)24-11-7-5-4-6-10-22/h12-13H,4-11H2,1-3H3. The first-order valence-electron chi connectivity index (χ1n) is 9.39. The fraction of sp³-hybridized carbons (Fsp3) is 0.571. The molecule has 0 unspecified atom stereocenters. The second kappa shape index (κ2) is 8.03. The van der Waals surface area contributed by atoms with E-state index in [1.807, 2.05) is 6.92 Å². The number of benzene rings is 1. The Morgan fingerprint density at radius 3 is 2.73 bits per heavy atom. The molecule has 0 atom stereocenters. The summed E-state index contributed by atoms with van der Waals surface area (Å²) in [5.74, 6) is 1.33. The third-order valence-corrected chi connectivity index (χ3v) is 5.44. The second-order valence-corrected chi connectivity index (χ2v) is 8.43. The summed E-state index contributed by atoms with van der Waals surface area (Å²) in [7, 11) is 0. The highest BCUT2D eigenvalue weighted by Gasteiger charge is 2.31. The maximum absolute atomic E-state index is 11.9. The lowest BCUT2D eigenvalue weighted by molar-refractivity contribution is 0.0791. The maximum Gasteiger partial charge on any atom is 0.336 e. The Morgan fingerprint density at radius 1 is 1.19 bits per heavy atom. The van der Waals surface area contributed by atoms with E-state index in [-0.39, 0.29) is 11.2 Å². The third kappa shape index (κ3) is 4.25. The molecule has 142 valence electrons. The molecule has 0 spiro atoms. The molecular weight excluding hydrogens is 396 g/mol. The number of halogens is 1. The fourth-order valence-electron chi connectivity index (χ4n) is 3.37. The molecular formula is C21H27BrO4. The summed E-state index contributed by atoms with van der Waals surface area (Å²) in [5, 5.41) is 1.97. The van der Waals surface area contributed by atoms with Gasteiger partial charge in [-0.05, 0) is 63.6 Å². The van der Waals surface area contributed by atoms with E-state index >= 15 is 0 Å². The van der Waals surface area contributed by atoms with Gasteiger partial charge in [0.15, 0.2) is 11.3 Å². The Bertz CT molecular complexity index is 838. The monoisotopic (exact) mass is 422 g/mol. The zero-order chi connectivity index (χ0) is 18.7. The molecule has 26 heavy (non-hydrogen) atoms. The fourth-order valence-corrected chi connectivity index (χ4v) is 3.77. The molecule has 4 nitrogen and oxygen atoms in total. The van der Waals surface area contributed by atoms with Crippen LogP contribution in [0.1, 0.15) is 57.1 Å². The van der Waals surface area contributed by atoms with Gasteiger partial charge >= 0.3 is 5.63 Å². The molecule has 0 radical (unpaired) electrons. The molecule has 0 bridgehead atoms. The van der Waals surface area contributed by atoms with Gasteiger partial charge in [-0.2, -0.15) is 0 Å². The van der Waals surface area contributed by atoms with Crippen LogP contribution in [0.4, 0.5) is 0 Å². The van der Waals surface area contributed by atoms with Crippen LogP contribution in [0.15, 0.2) is 21.3 Å². The summed E-state index contributed by atoms with van der Waals surface area (Å²) in [6, 6.07) is 3.62. The van der Waals surface area contributed by atoms with Crippen molar-refractivity contribution in [3.63, 3.8) is 0 Å². The summed E-state index contributed by atoms with van der Waals surface area (Å²) in [4.78, 5) is 11.9. The summed E-state index contributed by atoms with van der Waals surface area (Å²) in [5.41, 5.74) is 1.94. The van der Waals surface area contributed by atoms with E-state index in [0.717, 1.165) is 53.3 Å². The van der Waals surface area contributed by atoms with E-state index in [2.05, 4.69) is 35.8 Å².